The van der Waals surface area contributed by atoms with Crippen molar-refractivity contribution in [1.29, 1.82) is 0 Å². The largest absolute Gasteiger partial charge is 0.481 e. The van der Waals surface area contributed by atoms with Crippen molar-refractivity contribution in [3.8, 4) is 5.75 Å². The van der Waals surface area contributed by atoms with E-state index in [9.17, 15) is 9.59 Å². The summed E-state index contributed by atoms with van der Waals surface area (Å²) >= 11 is 0. The molecule has 1 N–H and O–H groups in total. The third-order valence-corrected chi connectivity index (χ3v) is 3.90. The van der Waals surface area contributed by atoms with Crippen LogP contribution in [0.5, 0.6) is 5.75 Å². The normalized spacial score (nSPS) is 12.4. The average molecular weight is 374 g/mol. The van der Waals surface area contributed by atoms with Crippen LogP contribution in [0.2, 0.25) is 0 Å². The van der Waals surface area contributed by atoms with E-state index in [1.54, 1.807) is 20.8 Å². The lowest BCUT2D eigenvalue weighted by Crippen LogP contribution is -2.30. The Morgan fingerprint density at radius 1 is 1.22 bits per heavy atom. The summed E-state index contributed by atoms with van der Waals surface area (Å²) in [6.45, 7) is 11.5. The highest BCUT2D eigenvalue weighted by molar-refractivity contribution is 5.93. The molecule has 2 rings (SSSR count). The molecule has 0 aliphatic carbocycles. The number of amides is 1. The third kappa shape index (κ3) is 5.32. The van der Waals surface area contributed by atoms with Crippen LogP contribution in [-0.4, -0.2) is 29.6 Å². The molecule has 1 amide bonds. The Balaban J connectivity index is 2.00. The van der Waals surface area contributed by atoms with Gasteiger partial charge in [0.2, 0.25) is 0 Å². The molecule has 0 saturated heterocycles. The molecule has 0 fully saturated rings. The van der Waals surface area contributed by atoms with Gasteiger partial charge in [0, 0.05) is 0 Å². The second kappa shape index (κ2) is 8.24. The van der Waals surface area contributed by atoms with Crippen molar-refractivity contribution in [2.75, 3.05) is 11.9 Å². The molecular weight excluding hydrogens is 348 g/mol. The predicted octanol–water partition coefficient (Wildman–Crippen LogP) is 3.86. The summed E-state index contributed by atoms with van der Waals surface area (Å²) in [7, 11) is 0. The minimum absolute atomic E-state index is 0.0403. The number of aryl methyl sites for hydroxylation is 1. The van der Waals surface area contributed by atoms with Crippen molar-refractivity contribution < 1.29 is 23.5 Å². The van der Waals surface area contributed by atoms with Crippen LogP contribution in [-0.2, 0) is 14.9 Å². The van der Waals surface area contributed by atoms with Crippen molar-refractivity contribution >= 4 is 17.9 Å². The standard InChI is InChI=1S/C20H26N2O5/c1-7-25-18(24)16-12(2)27-19(21-16)22-17(23)13(3)26-15-10-8-14(9-11-15)20(4,5)6/h8-11,13H,7H2,1-6H3,(H,21,22,23)/t13-/m0/s1. The topological polar surface area (TPSA) is 90.7 Å². The maximum atomic E-state index is 12.3. The number of rotatable bonds is 6. The maximum absolute atomic E-state index is 12.3. The summed E-state index contributed by atoms with van der Waals surface area (Å²) in [5.41, 5.74) is 1.26. The zero-order valence-electron chi connectivity index (χ0n) is 16.6. The van der Waals surface area contributed by atoms with Crippen molar-refractivity contribution in [3.05, 3.63) is 41.3 Å². The van der Waals surface area contributed by atoms with E-state index in [1.807, 2.05) is 24.3 Å². The summed E-state index contributed by atoms with van der Waals surface area (Å²) in [5.74, 6) is -0.175. The van der Waals surface area contributed by atoms with Gasteiger partial charge in [0.15, 0.2) is 11.8 Å². The van der Waals surface area contributed by atoms with Crippen LogP contribution in [0.1, 0.15) is 56.4 Å². The van der Waals surface area contributed by atoms with E-state index in [0.29, 0.717) is 5.75 Å². The number of oxazole rings is 1. The number of anilines is 1. The predicted molar refractivity (Wildman–Crippen MR) is 101 cm³/mol. The van der Waals surface area contributed by atoms with Gasteiger partial charge in [-0.15, -0.1) is 0 Å². The zero-order valence-corrected chi connectivity index (χ0v) is 16.6. The van der Waals surface area contributed by atoms with Gasteiger partial charge < -0.3 is 13.9 Å². The van der Waals surface area contributed by atoms with E-state index in [4.69, 9.17) is 13.9 Å². The molecule has 1 heterocycles. The van der Waals surface area contributed by atoms with E-state index in [-0.39, 0.29) is 29.5 Å². The summed E-state index contributed by atoms with van der Waals surface area (Å²) in [6, 6.07) is 7.54. The molecule has 7 nitrogen and oxygen atoms in total. The van der Waals surface area contributed by atoms with Gasteiger partial charge in [-0.05, 0) is 43.9 Å². The summed E-state index contributed by atoms with van der Waals surface area (Å²) in [5, 5.41) is 2.51. The Morgan fingerprint density at radius 3 is 2.41 bits per heavy atom. The zero-order chi connectivity index (χ0) is 20.2. The molecule has 0 spiro atoms. The van der Waals surface area contributed by atoms with Crippen LogP contribution in [0.4, 0.5) is 6.01 Å². The fourth-order valence-corrected chi connectivity index (χ4v) is 2.34. The second-order valence-corrected chi connectivity index (χ2v) is 7.17. The SMILES string of the molecule is CCOC(=O)c1nc(NC(=O)[C@H](C)Oc2ccc(C(C)(C)C)cc2)oc1C. The van der Waals surface area contributed by atoms with Gasteiger partial charge in [-0.2, -0.15) is 4.98 Å². The van der Waals surface area contributed by atoms with E-state index in [1.165, 1.54) is 5.56 Å². The quantitative estimate of drug-likeness (QED) is 0.772. The lowest BCUT2D eigenvalue weighted by molar-refractivity contribution is -0.122. The molecule has 146 valence electrons. The number of nitrogens with zero attached hydrogens (tertiary/aromatic N) is 1. The first-order chi connectivity index (χ1) is 12.6. The molecule has 27 heavy (non-hydrogen) atoms. The van der Waals surface area contributed by atoms with Gasteiger partial charge in [0.05, 0.1) is 6.61 Å². The molecule has 7 heteroatoms. The molecule has 0 saturated carbocycles. The molecular formula is C20H26N2O5. The molecule has 0 aliphatic rings. The van der Waals surface area contributed by atoms with Crippen molar-refractivity contribution in [2.45, 2.75) is 53.1 Å². The molecule has 2 aromatic rings. The highest BCUT2D eigenvalue weighted by Crippen LogP contribution is 2.25. The molecule has 0 unspecified atom stereocenters. The number of carbonyl (C=O) groups is 2. The summed E-state index contributed by atoms with van der Waals surface area (Å²) in [4.78, 5) is 28.0. The minimum Gasteiger partial charge on any atom is -0.481 e. The first-order valence-corrected chi connectivity index (χ1v) is 8.84. The van der Waals surface area contributed by atoms with E-state index in [2.05, 4.69) is 31.1 Å². The number of aromatic nitrogens is 1. The molecule has 1 atom stereocenters. The van der Waals surface area contributed by atoms with Gasteiger partial charge in [-0.3, -0.25) is 10.1 Å². The van der Waals surface area contributed by atoms with E-state index in [0.717, 1.165) is 0 Å². The fourth-order valence-electron chi connectivity index (χ4n) is 2.34. The molecule has 0 aliphatic heterocycles. The Morgan fingerprint density at radius 2 is 1.85 bits per heavy atom. The van der Waals surface area contributed by atoms with Crippen LogP contribution < -0.4 is 10.1 Å². The minimum atomic E-state index is -0.774. The van der Waals surface area contributed by atoms with Crippen molar-refractivity contribution in [3.63, 3.8) is 0 Å². The first-order valence-electron chi connectivity index (χ1n) is 8.84. The number of esters is 1. The Kier molecular flexibility index (Phi) is 6.25. The van der Waals surface area contributed by atoms with Gasteiger partial charge in [-0.25, -0.2) is 4.79 Å². The number of benzene rings is 1. The number of ether oxygens (including phenoxy) is 2. The highest BCUT2D eigenvalue weighted by Gasteiger charge is 2.22. The van der Waals surface area contributed by atoms with Gasteiger partial charge in [0.1, 0.15) is 11.5 Å². The lowest BCUT2D eigenvalue weighted by atomic mass is 9.87. The maximum Gasteiger partial charge on any atom is 0.360 e. The Bertz CT molecular complexity index is 803. The Hall–Kier alpha value is -2.83. The first kappa shape index (κ1) is 20.5. The molecule has 1 aromatic heterocycles. The second-order valence-electron chi connectivity index (χ2n) is 7.17. The number of nitrogens with one attached hydrogen (secondary N) is 1. The van der Waals surface area contributed by atoms with E-state index < -0.39 is 18.0 Å². The van der Waals surface area contributed by atoms with Crippen LogP contribution in [0.25, 0.3) is 0 Å². The molecule has 1 aromatic carbocycles. The lowest BCUT2D eigenvalue weighted by Gasteiger charge is -2.20. The van der Waals surface area contributed by atoms with Crippen molar-refractivity contribution in [1.82, 2.24) is 4.98 Å². The highest BCUT2D eigenvalue weighted by atomic mass is 16.5. The number of carbonyl (C=O) groups excluding carboxylic acids is 2. The van der Waals surface area contributed by atoms with Crippen LogP contribution in [0, 0.1) is 6.92 Å². The Labute approximate surface area is 159 Å². The van der Waals surface area contributed by atoms with Gasteiger partial charge in [-0.1, -0.05) is 32.9 Å². The molecule has 0 bridgehead atoms. The monoisotopic (exact) mass is 374 g/mol. The van der Waals surface area contributed by atoms with E-state index >= 15 is 0 Å². The average Bonchev–Trinajstić information content (AvgIpc) is 2.95. The number of hydrogen-bond donors (Lipinski definition) is 1. The van der Waals surface area contributed by atoms with Gasteiger partial charge in [0.25, 0.3) is 5.91 Å². The van der Waals surface area contributed by atoms with Crippen LogP contribution in [0.3, 0.4) is 0 Å². The molecule has 0 radical (unpaired) electrons. The summed E-state index contributed by atoms with van der Waals surface area (Å²) in [6.07, 6.45) is -0.774. The van der Waals surface area contributed by atoms with Crippen LogP contribution >= 0.6 is 0 Å². The number of hydrogen-bond acceptors (Lipinski definition) is 6. The van der Waals surface area contributed by atoms with Gasteiger partial charge >= 0.3 is 12.0 Å². The smallest absolute Gasteiger partial charge is 0.360 e. The summed E-state index contributed by atoms with van der Waals surface area (Å²) < 4.78 is 15.9. The van der Waals surface area contributed by atoms with Crippen molar-refractivity contribution in [2.24, 2.45) is 0 Å². The third-order valence-electron chi connectivity index (χ3n) is 3.90. The van der Waals surface area contributed by atoms with Crippen LogP contribution in [0.15, 0.2) is 28.7 Å². The fraction of sp³-hybridized carbons (Fsp3) is 0.450.